The van der Waals surface area contributed by atoms with E-state index in [2.05, 4.69) is 34.6 Å². The predicted molar refractivity (Wildman–Crippen MR) is 298 cm³/mol. The molecule has 4 saturated carbocycles. The summed E-state index contributed by atoms with van der Waals surface area (Å²) < 4.78 is 60.8. The van der Waals surface area contributed by atoms with Gasteiger partial charge in [-0.05, 0) is 124 Å². The second-order valence-electron chi connectivity index (χ2n) is 28.2. The Morgan fingerprint density at radius 3 is 1.52 bits per heavy atom. The van der Waals surface area contributed by atoms with E-state index in [9.17, 15) is 86.8 Å². The van der Waals surface area contributed by atoms with E-state index < -0.39 is 214 Å². The summed E-state index contributed by atoms with van der Waals surface area (Å²) in [6, 6.07) is 0. The number of carbonyl (C=O) groups is 1. The maximum absolute atomic E-state index is 15.1. The van der Waals surface area contributed by atoms with Gasteiger partial charge < -0.3 is 134 Å². The van der Waals surface area contributed by atoms with Crippen LogP contribution in [0.2, 0.25) is 0 Å². The molecule has 28 heteroatoms. The molecule has 88 heavy (non-hydrogen) atoms. The lowest BCUT2D eigenvalue weighted by Gasteiger charge is -2.70. The van der Waals surface area contributed by atoms with Crippen molar-refractivity contribution in [3.05, 3.63) is 11.6 Å². The third-order valence-corrected chi connectivity index (χ3v) is 22.9. The van der Waals surface area contributed by atoms with Crippen LogP contribution >= 0.6 is 0 Å². The molecule has 5 aliphatic heterocycles. The molecular weight excluding hydrogens is 1170 g/mol. The van der Waals surface area contributed by atoms with Crippen molar-refractivity contribution in [2.24, 2.45) is 45.3 Å². The van der Waals surface area contributed by atoms with Crippen LogP contribution in [0.5, 0.6) is 0 Å². The lowest BCUT2D eigenvalue weighted by Crippen LogP contribution is -2.68. The summed E-state index contributed by atoms with van der Waals surface area (Å²) in [5.41, 5.74) is -3.07. The van der Waals surface area contributed by atoms with Gasteiger partial charge in [0.1, 0.15) is 110 Å². The first-order valence-electron chi connectivity index (χ1n) is 31.4. The van der Waals surface area contributed by atoms with Gasteiger partial charge in [0.05, 0.1) is 38.6 Å². The van der Waals surface area contributed by atoms with Gasteiger partial charge in [0.25, 0.3) is 0 Å². The predicted octanol–water partition coefficient (Wildman–Crippen LogP) is -3.82. The van der Waals surface area contributed by atoms with E-state index in [0.29, 0.717) is 44.9 Å². The number of allylic oxidation sites excluding steroid dienone is 2. The monoisotopic (exact) mass is 1270 g/mol. The van der Waals surface area contributed by atoms with E-state index in [-0.39, 0.29) is 41.4 Å². The minimum absolute atomic E-state index is 0.0141. The van der Waals surface area contributed by atoms with Gasteiger partial charge >= 0.3 is 5.97 Å². The molecule has 0 bridgehead atoms. The van der Waals surface area contributed by atoms with Gasteiger partial charge in [-0.1, -0.05) is 46.3 Å². The Kier molecular flexibility index (Phi) is 21.7. The number of aliphatic hydroxyl groups excluding tert-OH is 16. The van der Waals surface area contributed by atoms with E-state index >= 15 is 4.79 Å². The summed E-state index contributed by atoms with van der Waals surface area (Å²) in [6.45, 7) is 13.1. The quantitative estimate of drug-likeness (QED) is 0.0355. The number of carbonyl (C=O) groups excluding carboxylic acids is 1. The van der Waals surface area contributed by atoms with Crippen LogP contribution in [0.3, 0.4) is 0 Å². The molecule has 5 saturated heterocycles. The van der Waals surface area contributed by atoms with Gasteiger partial charge in [-0.2, -0.15) is 0 Å². The molecule has 4 aliphatic carbocycles. The van der Waals surface area contributed by atoms with Crippen molar-refractivity contribution < 1.29 is 139 Å². The normalized spacial score (nSPS) is 51.9. The van der Waals surface area contributed by atoms with Crippen molar-refractivity contribution in [1.29, 1.82) is 0 Å². The summed E-state index contributed by atoms with van der Waals surface area (Å²) in [4.78, 5) is 15.1. The van der Waals surface area contributed by atoms with Crippen LogP contribution < -0.4 is 0 Å². The van der Waals surface area contributed by atoms with E-state index in [1.54, 1.807) is 0 Å². The lowest BCUT2D eigenvalue weighted by atomic mass is 9.35. The third-order valence-electron chi connectivity index (χ3n) is 22.9. The molecule has 0 spiro atoms. The van der Waals surface area contributed by atoms with Crippen molar-refractivity contribution in [2.45, 2.75) is 285 Å². The van der Waals surface area contributed by atoms with Gasteiger partial charge in [-0.25, -0.2) is 4.79 Å². The Labute approximate surface area is 511 Å². The SMILES string of the molecule is CC(C)=CCCC(O)(C(=O)OC1OC(CO)C(O)C(O)C1OC1OC(CO)C(O)C(O)C1O)C1CCC2(C)C1CCC1C3(C)CCC(OC4OC(CO)C(O)C(OC5OC(CO)C(O)C(O)C5O)C4OC4OC(C)C(O)C(O)C4O)C(C)(C)C3CCC12C. The zero-order valence-corrected chi connectivity index (χ0v) is 51.4. The molecule has 5 heterocycles. The van der Waals surface area contributed by atoms with E-state index in [0.717, 1.165) is 12.0 Å². The van der Waals surface area contributed by atoms with Crippen molar-refractivity contribution in [3.63, 3.8) is 0 Å². The van der Waals surface area contributed by atoms with Crippen molar-refractivity contribution in [3.8, 4) is 0 Å². The van der Waals surface area contributed by atoms with Crippen LogP contribution in [0.25, 0.3) is 0 Å². The van der Waals surface area contributed by atoms with Gasteiger partial charge in [0, 0.05) is 5.92 Å². The number of hydrogen-bond donors (Lipinski definition) is 17. The molecule has 34 atom stereocenters. The highest BCUT2D eigenvalue weighted by Gasteiger charge is 2.71. The van der Waals surface area contributed by atoms with Crippen LogP contribution in [0.4, 0.5) is 0 Å². The van der Waals surface area contributed by atoms with Gasteiger partial charge in [-0.3, -0.25) is 0 Å². The molecule has 0 amide bonds. The Bertz CT molecular complexity index is 2370. The zero-order chi connectivity index (χ0) is 64.7. The Hall–Kier alpha value is -1.83. The second-order valence-corrected chi connectivity index (χ2v) is 28.2. The topological polar surface area (TPSA) is 453 Å². The third kappa shape index (κ3) is 12.3. The van der Waals surface area contributed by atoms with E-state index in [1.165, 1.54) is 6.92 Å². The zero-order valence-electron chi connectivity index (χ0n) is 51.4. The van der Waals surface area contributed by atoms with Crippen LogP contribution in [0, 0.1) is 45.3 Å². The molecule has 9 aliphatic rings. The Morgan fingerprint density at radius 2 is 0.966 bits per heavy atom. The van der Waals surface area contributed by atoms with Gasteiger partial charge in [-0.15, -0.1) is 0 Å². The number of fused-ring (bicyclic) bond motifs is 5. The number of ether oxygens (including phenoxy) is 10. The largest absolute Gasteiger partial charge is 0.431 e. The molecular formula is C60H100O28. The maximum Gasteiger partial charge on any atom is 0.340 e. The molecule has 9 fully saturated rings. The summed E-state index contributed by atoms with van der Waals surface area (Å²) >= 11 is 0. The molecule has 28 nitrogen and oxygen atoms in total. The number of aliphatic hydroxyl groups is 17. The maximum atomic E-state index is 15.1. The molecule has 0 aromatic heterocycles. The number of hydrogen-bond acceptors (Lipinski definition) is 28. The summed E-state index contributed by atoms with van der Waals surface area (Å²) in [7, 11) is 0. The second kappa shape index (κ2) is 27.1. The van der Waals surface area contributed by atoms with Crippen molar-refractivity contribution in [2.75, 3.05) is 26.4 Å². The summed E-state index contributed by atoms with van der Waals surface area (Å²) in [5.74, 6) is -1.93. The fourth-order valence-corrected chi connectivity index (χ4v) is 17.6. The van der Waals surface area contributed by atoms with E-state index in [4.69, 9.17) is 47.4 Å². The summed E-state index contributed by atoms with van der Waals surface area (Å²) in [6.07, 6.45) is -36.5. The lowest BCUT2D eigenvalue weighted by molar-refractivity contribution is -0.398. The van der Waals surface area contributed by atoms with Crippen molar-refractivity contribution in [1.82, 2.24) is 0 Å². The highest BCUT2D eigenvalue weighted by atomic mass is 16.8. The molecule has 508 valence electrons. The van der Waals surface area contributed by atoms with Crippen LogP contribution in [-0.4, -0.2) is 284 Å². The average molecular weight is 1270 g/mol. The molecule has 0 radical (unpaired) electrons. The standard InChI is InChI=1S/C60H100O28/c1-24(2)10-9-16-60(78,55(77)88-53-48(43(73)38(68)30(22-63)82-53)86-52-46(76)42(72)37(67)29(21-62)81-52)27-13-18-58(7)26(27)11-12-33-57(6)17-15-34(56(4,5)32(57)14-19-59(33,58)8)84-54-49(87-50-44(74)40(70)35(65)25(3)79-50)47(39(69)31(23-64)83-54)85-51-45(75)41(71)36(66)28(20-61)80-51/h10,25-54,61-76,78H,9,11-23H2,1-8H3. The molecule has 0 aromatic carbocycles. The fraction of sp³-hybridized carbons (Fsp3) is 0.950. The molecule has 0 aromatic rings. The first-order chi connectivity index (χ1) is 41.3. The Morgan fingerprint density at radius 1 is 0.489 bits per heavy atom. The minimum atomic E-state index is -2.18. The van der Waals surface area contributed by atoms with Crippen molar-refractivity contribution >= 4 is 5.97 Å². The highest BCUT2D eigenvalue weighted by molar-refractivity contribution is 5.80. The number of esters is 1. The molecule has 34 unspecified atom stereocenters. The first kappa shape index (κ1) is 70.5. The van der Waals surface area contributed by atoms with Crippen LogP contribution in [-0.2, 0) is 52.2 Å². The molecule has 9 rings (SSSR count). The van der Waals surface area contributed by atoms with Crippen LogP contribution in [0.15, 0.2) is 11.6 Å². The first-order valence-corrected chi connectivity index (χ1v) is 31.4. The smallest absolute Gasteiger partial charge is 0.340 e. The van der Waals surface area contributed by atoms with Gasteiger partial charge in [0.15, 0.2) is 36.9 Å². The number of rotatable bonds is 18. The van der Waals surface area contributed by atoms with E-state index in [1.807, 2.05) is 19.9 Å². The highest BCUT2D eigenvalue weighted by Crippen LogP contribution is 2.76. The van der Waals surface area contributed by atoms with Crippen LogP contribution in [0.1, 0.15) is 120 Å². The molecule has 17 N–H and O–H groups in total. The summed E-state index contributed by atoms with van der Waals surface area (Å²) in [5, 5.41) is 185. The Balaban J connectivity index is 0.966. The fourth-order valence-electron chi connectivity index (χ4n) is 17.6. The average Bonchev–Trinajstić information content (AvgIpc) is 1.36. The minimum Gasteiger partial charge on any atom is -0.431 e. The van der Waals surface area contributed by atoms with Gasteiger partial charge in [0.2, 0.25) is 6.29 Å².